The number of amides is 1. The maximum atomic E-state index is 13.1. The first-order chi connectivity index (χ1) is 14.8. The number of sulfonamides is 1. The molecule has 2 aliphatic rings. The van der Waals surface area contributed by atoms with Gasteiger partial charge in [-0.2, -0.15) is 4.31 Å². The number of rotatable bonds is 5. The average molecular weight is 503 g/mol. The Labute approximate surface area is 194 Å². The van der Waals surface area contributed by atoms with Gasteiger partial charge in [0.15, 0.2) is 0 Å². The van der Waals surface area contributed by atoms with Crippen molar-refractivity contribution in [2.24, 2.45) is 5.92 Å². The second-order valence-corrected chi connectivity index (χ2v) is 12.6. The zero-order valence-corrected chi connectivity index (χ0v) is 20.2. The minimum atomic E-state index is -3.69. The molecule has 1 saturated heterocycles. The van der Waals surface area contributed by atoms with Gasteiger partial charge < -0.3 is 10.1 Å². The van der Waals surface area contributed by atoms with Crippen LogP contribution >= 0.6 is 34.3 Å². The maximum absolute atomic E-state index is 13.1. The van der Waals surface area contributed by atoms with Gasteiger partial charge in [-0.15, -0.1) is 22.7 Å². The molecule has 1 amide bonds. The number of nitrogens with zero attached hydrogens (tertiary/aromatic N) is 1. The summed E-state index contributed by atoms with van der Waals surface area (Å²) in [5.41, 5.74) is 1.42. The summed E-state index contributed by atoms with van der Waals surface area (Å²) in [6.07, 6.45) is 4.92. The van der Waals surface area contributed by atoms with Crippen molar-refractivity contribution in [1.29, 1.82) is 0 Å². The first kappa shape index (κ1) is 22.7. The molecule has 0 bridgehead atoms. The van der Waals surface area contributed by atoms with Crippen LogP contribution in [0.15, 0.2) is 16.3 Å². The highest BCUT2D eigenvalue weighted by Gasteiger charge is 2.35. The fraction of sp³-hybridized carbons (Fsp3) is 0.500. The van der Waals surface area contributed by atoms with E-state index in [-0.39, 0.29) is 16.7 Å². The number of thiophene rings is 2. The molecule has 7 nitrogen and oxygen atoms in total. The summed E-state index contributed by atoms with van der Waals surface area (Å²) in [6, 6.07) is 3.05. The van der Waals surface area contributed by atoms with Crippen molar-refractivity contribution in [3.05, 3.63) is 32.5 Å². The van der Waals surface area contributed by atoms with E-state index in [1.165, 1.54) is 28.8 Å². The number of fused-ring (bicyclic) bond motifs is 1. The van der Waals surface area contributed by atoms with Gasteiger partial charge in [-0.25, -0.2) is 13.2 Å². The molecule has 2 aromatic rings. The second kappa shape index (κ2) is 9.19. The van der Waals surface area contributed by atoms with Crippen molar-refractivity contribution in [3.8, 4) is 0 Å². The predicted octanol–water partition coefficient (Wildman–Crippen LogP) is 4.17. The van der Waals surface area contributed by atoms with E-state index in [0.29, 0.717) is 34.3 Å². The Morgan fingerprint density at radius 1 is 1.19 bits per heavy atom. The Hall–Kier alpha value is -1.46. The smallest absolute Gasteiger partial charge is 0.341 e. The van der Waals surface area contributed by atoms with E-state index >= 15 is 0 Å². The van der Waals surface area contributed by atoms with Gasteiger partial charge in [0.1, 0.15) is 9.21 Å². The van der Waals surface area contributed by atoms with Crippen LogP contribution in [0.2, 0.25) is 4.34 Å². The molecule has 168 valence electrons. The molecule has 4 rings (SSSR count). The Morgan fingerprint density at radius 2 is 1.97 bits per heavy atom. The summed E-state index contributed by atoms with van der Waals surface area (Å²) in [7, 11) is -2.36. The lowest BCUT2D eigenvalue weighted by Crippen LogP contribution is -2.43. The summed E-state index contributed by atoms with van der Waals surface area (Å²) in [4.78, 5) is 26.6. The predicted molar refractivity (Wildman–Crippen MR) is 122 cm³/mol. The third kappa shape index (κ3) is 4.54. The molecule has 1 aliphatic heterocycles. The number of methoxy groups -OCH3 is 1. The van der Waals surface area contributed by atoms with Crippen LogP contribution in [0.3, 0.4) is 0 Å². The van der Waals surface area contributed by atoms with Gasteiger partial charge in [0.05, 0.1) is 22.9 Å². The SMILES string of the molecule is COC(=O)c1c(NC(=O)C2CCCN(S(=O)(=O)c3ccc(Cl)s3)C2)sc2c1CCCC2. The fourth-order valence-corrected chi connectivity index (χ4v) is 8.57. The molecule has 1 fully saturated rings. The van der Waals surface area contributed by atoms with Gasteiger partial charge >= 0.3 is 5.97 Å². The summed E-state index contributed by atoms with van der Waals surface area (Å²) in [5.74, 6) is -1.21. The molecular formula is C20H23ClN2O5S3. The van der Waals surface area contributed by atoms with Crippen LogP contribution in [0.25, 0.3) is 0 Å². The highest BCUT2D eigenvalue weighted by atomic mass is 35.5. The molecule has 1 atom stereocenters. The number of hydrogen-bond donors (Lipinski definition) is 1. The van der Waals surface area contributed by atoms with E-state index in [1.807, 2.05) is 0 Å². The zero-order valence-electron chi connectivity index (χ0n) is 17.0. The molecule has 0 aromatic carbocycles. The third-order valence-electron chi connectivity index (χ3n) is 5.70. The Balaban J connectivity index is 1.53. The van der Waals surface area contributed by atoms with Crippen LogP contribution in [0.4, 0.5) is 5.00 Å². The van der Waals surface area contributed by atoms with Gasteiger partial charge in [-0.3, -0.25) is 4.79 Å². The van der Waals surface area contributed by atoms with Gasteiger partial charge in [-0.1, -0.05) is 11.6 Å². The number of hydrogen-bond acceptors (Lipinski definition) is 7. The van der Waals surface area contributed by atoms with Crippen LogP contribution < -0.4 is 5.32 Å². The normalized spacial score (nSPS) is 19.6. The zero-order chi connectivity index (χ0) is 22.2. The number of halogens is 1. The van der Waals surface area contributed by atoms with Crippen molar-refractivity contribution < 1.29 is 22.7 Å². The molecular weight excluding hydrogens is 480 g/mol. The largest absolute Gasteiger partial charge is 0.465 e. The van der Waals surface area contributed by atoms with Crippen LogP contribution in [-0.2, 0) is 32.4 Å². The van der Waals surface area contributed by atoms with Crippen molar-refractivity contribution >= 4 is 61.2 Å². The molecule has 0 saturated carbocycles. The Kier molecular flexibility index (Phi) is 6.73. The number of piperidine rings is 1. The Morgan fingerprint density at radius 3 is 2.68 bits per heavy atom. The molecule has 31 heavy (non-hydrogen) atoms. The van der Waals surface area contributed by atoms with E-state index in [1.54, 1.807) is 6.07 Å². The number of esters is 1. The highest BCUT2D eigenvalue weighted by Crippen LogP contribution is 2.39. The van der Waals surface area contributed by atoms with E-state index in [9.17, 15) is 18.0 Å². The van der Waals surface area contributed by atoms with Crippen molar-refractivity contribution in [2.45, 2.75) is 42.7 Å². The number of carbonyl (C=O) groups is 2. The van der Waals surface area contributed by atoms with E-state index < -0.39 is 21.9 Å². The van der Waals surface area contributed by atoms with Gasteiger partial charge in [0.2, 0.25) is 5.91 Å². The molecule has 1 unspecified atom stereocenters. The summed E-state index contributed by atoms with van der Waals surface area (Å²) < 4.78 is 32.8. The topological polar surface area (TPSA) is 92.8 Å². The van der Waals surface area contributed by atoms with Crippen molar-refractivity contribution in [2.75, 3.05) is 25.5 Å². The molecule has 11 heteroatoms. The fourth-order valence-electron chi connectivity index (χ4n) is 4.12. The second-order valence-electron chi connectivity index (χ2n) is 7.66. The monoisotopic (exact) mass is 502 g/mol. The molecule has 2 aromatic heterocycles. The van der Waals surface area contributed by atoms with Crippen LogP contribution in [0.1, 0.15) is 46.5 Å². The Bertz CT molecular complexity index is 1110. The lowest BCUT2D eigenvalue weighted by molar-refractivity contribution is -0.120. The van der Waals surface area contributed by atoms with Gasteiger partial charge in [-0.05, 0) is 56.2 Å². The van der Waals surface area contributed by atoms with Crippen molar-refractivity contribution in [1.82, 2.24) is 4.31 Å². The average Bonchev–Trinajstić information content (AvgIpc) is 3.37. The standard InChI is InChI=1S/C20H23ClN2O5S3/c1-28-20(25)17-13-6-2-3-7-14(13)29-19(17)22-18(24)12-5-4-10-23(11-12)31(26,27)16-9-8-15(21)30-16/h8-9,12H,2-7,10-11H2,1H3,(H,22,24). The molecule has 1 aliphatic carbocycles. The number of nitrogens with one attached hydrogen (secondary N) is 1. The molecule has 3 heterocycles. The van der Waals surface area contributed by atoms with Crippen LogP contribution in [-0.4, -0.2) is 44.8 Å². The van der Waals surface area contributed by atoms with Gasteiger partial charge in [0.25, 0.3) is 10.0 Å². The van der Waals surface area contributed by atoms with Gasteiger partial charge in [0, 0.05) is 18.0 Å². The number of ether oxygens (including phenoxy) is 1. The van der Waals surface area contributed by atoms with E-state index in [0.717, 1.165) is 47.5 Å². The first-order valence-corrected chi connectivity index (χ1v) is 13.6. The lowest BCUT2D eigenvalue weighted by Gasteiger charge is -2.30. The molecule has 0 spiro atoms. The van der Waals surface area contributed by atoms with Crippen molar-refractivity contribution in [3.63, 3.8) is 0 Å². The van der Waals surface area contributed by atoms with Crippen LogP contribution in [0, 0.1) is 5.92 Å². The number of anilines is 1. The summed E-state index contributed by atoms with van der Waals surface area (Å²) >= 11 is 8.34. The quantitative estimate of drug-likeness (QED) is 0.619. The molecule has 1 N–H and O–H groups in total. The van der Waals surface area contributed by atoms with Crippen LogP contribution in [0.5, 0.6) is 0 Å². The minimum absolute atomic E-state index is 0.0995. The first-order valence-electron chi connectivity index (χ1n) is 10.1. The molecule has 0 radical (unpaired) electrons. The summed E-state index contributed by atoms with van der Waals surface area (Å²) in [6.45, 7) is 0.463. The maximum Gasteiger partial charge on any atom is 0.341 e. The van der Waals surface area contributed by atoms with E-state index in [4.69, 9.17) is 16.3 Å². The van der Waals surface area contributed by atoms with E-state index in [2.05, 4.69) is 5.32 Å². The lowest BCUT2D eigenvalue weighted by atomic mass is 9.95. The number of aryl methyl sites for hydroxylation is 1. The minimum Gasteiger partial charge on any atom is -0.465 e. The third-order valence-corrected chi connectivity index (χ3v) is 10.5. The number of carbonyl (C=O) groups excluding carboxylic acids is 2. The highest BCUT2D eigenvalue weighted by molar-refractivity contribution is 7.91. The summed E-state index contributed by atoms with van der Waals surface area (Å²) in [5, 5.41) is 3.42.